The van der Waals surface area contributed by atoms with Gasteiger partial charge in [0.15, 0.2) is 0 Å². The molecule has 2 aromatic rings. The van der Waals surface area contributed by atoms with E-state index < -0.39 is 5.97 Å². The summed E-state index contributed by atoms with van der Waals surface area (Å²) in [4.78, 5) is 11.8. The van der Waals surface area contributed by atoms with Crippen molar-refractivity contribution in [3.05, 3.63) is 52.0 Å². The number of ether oxygens (including phenoxy) is 2. The SMILES string of the molecule is COC(=O)/C(Br)=C(/OC)c1c(CBr)ccc2ccccc12. The molecule has 0 saturated carbocycles. The molecule has 3 nitrogen and oxygen atoms in total. The average molecular weight is 414 g/mol. The molecule has 0 heterocycles. The van der Waals surface area contributed by atoms with Crippen molar-refractivity contribution in [1.82, 2.24) is 0 Å². The Morgan fingerprint density at radius 2 is 1.81 bits per heavy atom. The van der Waals surface area contributed by atoms with Gasteiger partial charge in [0.2, 0.25) is 0 Å². The lowest BCUT2D eigenvalue weighted by Crippen LogP contribution is -2.05. The average Bonchev–Trinajstić information content (AvgIpc) is 2.54. The summed E-state index contributed by atoms with van der Waals surface area (Å²) in [6, 6.07) is 12.0. The quantitative estimate of drug-likeness (QED) is 0.317. The summed E-state index contributed by atoms with van der Waals surface area (Å²) in [5.74, 6) is -0.00610. The summed E-state index contributed by atoms with van der Waals surface area (Å²) in [5, 5.41) is 2.76. The molecule has 0 aromatic heterocycles. The van der Waals surface area contributed by atoms with Crippen LogP contribution >= 0.6 is 31.9 Å². The molecule has 0 spiro atoms. The number of methoxy groups -OCH3 is 2. The van der Waals surface area contributed by atoms with Gasteiger partial charge in [-0.05, 0) is 32.3 Å². The molecule has 0 N–H and O–H groups in total. The number of fused-ring (bicyclic) bond motifs is 1. The molecule has 0 atom stereocenters. The lowest BCUT2D eigenvalue weighted by atomic mass is 9.98. The monoisotopic (exact) mass is 412 g/mol. The first kappa shape index (κ1) is 16.0. The second kappa shape index (κ2) is 7.09. The largest absolute Gasteiger partial charge is 0.495 e. The van der Waals surface area contributed by atoms with E-state index in [9.17, 15) is 4.79 Å². The molecular formula is C16H14Br2O3. The Balaban J connectivity index is 2.82. The van der Waals surface area contributed by atoms with E-state index in [0.29, 0.717) is 11.1 Å². The highest BCUT2D eigenvalue weighted by molar-refractivity contribution is 9.12. The highest BCUT2D eigenvalue weighted by atomic mass is 79.9. The smallest absolute Gasteiger partial charge is 0.348 e. The molecule has 0 aliphatic heterocycles. The Kier molecular flexibility index (Phi) is 5.42. The van der Waals surface area contributed by atoms with E-state index in [1.807, 2.05) is 30.3 Å². The van der Waals surface area contributed by atoms with E-state index in [2.05, 4.69) is 37.9 Å². The van der Waals surface area contributed by atoms with Crippen molar-refractivity contribution in [2.75, 3.05) is 14.2 Å². The van der Waals surface area contributed by atoms with Gasteiger partial charge in [-0.1, -0.05) is 52.3 Å². The first-order chi connectivity index (χ1) is 10.1. The lowest BCUT2D eigenvalue weighted by molar-refractivity contribution is -0.135. The number of halogens is 2. The molecule has 0 bridgehead atoms. The Bertz CT molecular complexity index is 708. The molecule has 0 aliphatic rings. The molecular weight excluding hydrogens is 400 g/mol. The van der Waals surface area contributed by atoms with E-state index in [0.717, 1.165) is 21.9 Å². The molecule has 0 amide bonds. The molecule has 0 aliphatic carbocycles. The maximum absolute atomic E-state index is 11.8. The fourth-order valence-corrected chi connectivity index (χ4v) is 3.17. The van der Waals surface area contributed by atoms with Crippen LogP contribution in [0.1, 0.15) is 11.1 Å². The van der Waals surface area contributed by atoms with Crippen LogP contribution < -0.4 is 0 Å². The van der Waals surface area contributed by atoms with Crippen LogP contribution in [0, 0.1) is 0 Å². The number of hydrogen-bond acceptors (Lipinski definition) is 3. The predicted molar refractivity (Wildman–Crippen MR) is 91.5 cm³/mol. The zero-order valence-corrected chi connectivity index (χ0v) is 14.8. The summed E-state index contributed by atoms with van der Waals surface area (Å²) in [7, 11) is 2.88. The van der Waals surface area contributed by atoms with Gasteiger partial charge in [0.25, 0.3) is 0 Å². The van der Waals surface area contributed by atoms with Gasteiger partial charge in [-0.25, -0.2) is 4.79 Å². The van der Waals surface area contributed by atoms with Gasteiger partial charge < -0.3 is 9.47 Å². The Morgan fingerprint density at radius 1 is 1.10 bits per heavy atom. The summed E-state index contributed by atoms with van der Waals surface area (Å²) >= 11 is 6.77. The molecule has 110 valence electrons. The molecule has 2 aromatic carbocycles. The zero-order valence-electron chi connectivity index (χ0n) is 11.7. The summed E-state index contributed by atoms with van der Waals surface area (Å²) in [6.07, 6.45) is 0. The molecule has 0 unspecified atom stereocenters. The highest BCUT2D eigenvalue weighted by Gasteiger charge is 2.20. The van der Waals surface area contributed by atoms with Crippen LogP contribution in [-0.4, -0.2) is 20.2 Å². The van der Waals surface area contributed by atoms with Gasteiger partial charge in [0.1, 0.15) is 10.2 Å². The number of benzene rings is 2. The van der Waals surface area contributed by atoms with Crippen LogP contribution in [0.4, 0.5) is 0 Å². The number of rotatable bonds is 4. The maximum Gasteiger partial charge on any atom is 0.348 e. The Morgan fingerprint density at radius 3 is 2.43 bits per heavy atom. The molecule has 0 radical (unpaired) electrons. The van der Waals surface area contributed by atoms with Gasteiger partial charge >= 0.3 is 5.97 Å². The van der Waals surface area contributed by atoms with Crippen LogP contribution in [0.15, 0.2) is 40.9 Å². The van der Waals surface area contributed by atoms with Crippen LogP contribution in [-0.2, 0) is 19.6 Å². The molecule has 21 heavy (non-hydrogen) atoms. The number of carbonyl (C=O) groups is 1. The molecule has 0 fully saturated rings. The van der Waals surface area contributed by atoms with E-state index >= 15 is 0 Å². The summed E-state index contributed by atoms with van der Waals surface area (Å²) in [5.41, 5.74) is 1.91. The lowest BCUT2D eigenvalue weighted by Gasteiger charge is -2.15. The van der Waals surface area contributed by atoms with Gasteiger partial charge in [0.05, 0.1) is 14.2 Å². The van der Waals surface area contributed by atoms with Crippen molar-refractivity contribution in [2.45, 2.75) is 5.33 Å². The fraction of sp³-hybridized carbons (Fsp3) is 0.188. The standard InChI is InChI=1S/C16H14Br2O3/c1-20-15(14(18)16(19)21-2)13-11(9-17)8-7-10-5-3-4-6-12(10)13/h3-8H,9H2,1-2H3/b15-14-. The van der Waals surface area contributed by atoms with Gasteiger partial charge in [-0.3, -0.25) is 0 Å². The minimum Gasteiger partial charge on any atom is -0.495 e. The second-order valence-corrected chi connectivity index (χ2v) is 5.65. The van der Waals surface area contributed by atoms with Crippen LogP contribution in [0.25, 0.3) is 16.5 Å². The second-order valence-electron chi connectivity index (χ2n) is 4.29. The topological polar surface area (TPSA) is 35.5 Å². The molecule has 2 rings (SSSR count). The zero-order chi connectivity index (χ0) is 15.4. The first-order valence-corrected chi connectivity index (χ1v) is 8.14. The highest BCUT2D eigenvalue weighted by Crippen LogP contribution is 2.34. The fourth-order valence-electron chi connectivity index (χ4n) is 2.18. The minimum atomic E-state index is -0.472. The van der Waals surface area contributed by atoms with Crippen molar-refractivity contribution in [1.29, 1.82) is 0 Å². The predicted octanol–water partition coefficient (Wildman–Crippen LogP) is 4.62. The third-order valence-electron chi connectivity index (χ3n) is 3.15. The van der Waals surface area contributed by atoms with E-state index in [4.69, 9.17) is 9.47 Å². The minimum absolute atomic E-state index is 0.269. The van der Waals surface area contributed by atoms with Crippen LogP contribution in [0.3, 0.4) is 0 Å². The van der Waals surface area contributed by atoms with Crippen molar-refractivity contribution in [3.63, 3.8) is 0 Å². The van der Waals surface area contributed by atoms with Crippen LogP contribution in [0.2, 0.25) is 0 Å². The van der Waals surface area contributed by atoms with E-state index in [1.54, 1.807) is 7.11 Å². The first-order valence-electron chi connectivity index (χ1n) is 6.23. The molecule has 5 heteroatoms. The van der Waals surface area contributed by atoms with Crippen molar-refractivity contribution in [3.8, 4) is 0 Å². The van der Waals surface area contributed by atoms with Crippen molar-refractivity contribution >= 4 is 54.4 Å². The summed E-state index contributed by atoms with van der Waals surface area (Å²) < 4.78 is 10.5. The van der Waals surface area contributed by atoms with Gasteiger partial charge in [0, 0.05) is 10.9 Å². The Hall–Kier alpha value is -1.33. The Labute approximate surface area is 140 Å². The van der Waals surface area contributed by atoms with Gasteiger partial charge in [-0.15, -0.1) is 0 Å². The maximum atomic E-state index is 11.8. The number of esters is 1. The van der Waals surface area contributed by atoms with Crippen LogP contribution in [0.5, 0.6) is 0 Å². The summed E-state index contributed by atoms with van der Waals surface area (Å²) in [6.45, 7) is 0. The van der Waals surface area contributed by atoms with E-state index in [1.165, 1.54) is 7.11 Å². The third kappa shape index (κ3) is 3.14. The number of alkyl halides is 1. The van der Waals surface area contributed by atoms with Gasteiger partial charge in [-0.2, -0.15) is 0 Å². The van der Waals surface area contributed by atoms with E-state index in [-0.39, 0.29) is 4.48 Å². The number of carbonyl (C=O) groups excluding carboxylic acids is 1. The van der Waals surface area contributed by atoms with Crippen molar-refractivity contribution < 1.29 is 14.3 Å². The number of hydrogen-bond donors (Lipinski definition) is 0. The van der Waals surface area contributed by atoms with Crippen molar-refractivity contribution in [2.24, 2.45) is 0 Å². The molecule has 0 saturated heterocycles. The normalized spacial score (nSPS) is 12.0. The third-order valence-corrected chi connectivity index (χ3v) is 4.44.